The monoisotopic (exact) mass is 646 g/mol. The van der Waals surface area contributed by atoms with Crippen LogP contribution in [-0.2, 0) is 0 Å². The van der Waals surface area contributed by atoms with Crippen LogP contribution < -0.4 is 0 Å². The lowest BCUT2D eigenvalue weighted by Gasteiger charge is -2.19. The number of fused-ring (bicyclic) bond motifs is 9. The molecule has 0 spiro atoms. The zero-order chi connectivity index (χ0) is 33.5. The predicted molar refractivity (Wildman–Crippen MR) is 218 cm³/mol. The van der Waals surface area contributed by atoms with E-state index in [0.717, 1.165) is 21.9 Å². The van der Waals surface area contributed by atoms with E-state index >= 15 is 0 Å². The van der Waals surface area contributed by atoms with Crippen LogP contribution in [0.25, 0.3) is 109 Å². The largest absolute Gasteiger partial charge is 0.456 e. The van der Waals surface area contributed by atoms with Crippen molar-refractivity contribution in [2.45, 2.75) is 0 Å². The van der Waals surface area contributed by atoms with Crippen molar-refractivity contribution in [3.05, 3.63) is 182 Å². The van der Waals surface area contributed by atoms with Crippen molar-refractivity contribution in [3.8, 4) is 33.4 Å². The van der Waals surface area contributed by atoms with Crippen LogP contribution in [-0.4, -0.2) is 0 Å². The molecule has 0 aliphatic heterocycles. The van der Waals surface area contributed by atoms with Crippen molar-refractivity contribution in [3.63, 3.8) is 0 Å². The second kappa shape index (κ2) is 10.9. The molecule has 236 valence electrons. The summed E-state index contributed by atoms with van der Waals surface area (Å²) < 4.78 is 6.64. The van der Waals surface area contributed by atoms with Gasteiger partial charge in [0.1, 0.15) is 11.2 Å². The highest BCUT2D eigenvalue weighted by Gasteiger charge is 2.21. The zero-order valence-corrected chi connectivity index (χ0v) is 27.7. The summed E-state index contributed by atoms with van der Waals surface area (Å²) in [7, 11) is 0. The number of benzene rings is 10. The van der Waals surface area contributed by atoms with Gasteiger partial charge >= 0.3 is 0 Å². The minimum atomic E-state index is 0.902. The molecule has 0 saturated heterocycles. The van der Waals surface area contributed by atoms with E-state index in [9.17, 15) is 0 Å². The van der Waals surface area contributed by atoms with E-state index in [0.29, 0.717) is 0 Å². The van der Waals surface area contributed by atoms with Crippen molar-refractivity contribution < 1.29 is 4.42 Å². The zero-order valence-electron chi connectivity index (χ0n) is 27.7. The molecule has 0 unspecified atom stereocenters. The van der Waals surface area contributed by atoms with Gasteiger partial charge in [0.05, 0.1) is 0 Å². The molecule has 1 heteroatoms. The number of hydrogen-bond acceptors (Lipinski definition) is 1. The number of rotatable bonds is 3. The minimum absolute atomic E-state index is 0.902. The second-order valence-corrected chi connectivity index (χ2v) is 13.6. The summed E-state index contributed by atoms with van der Waals surface area (Å²) in [5.74, 6) is 0. The van der Waals surface area contributed by atoms with Gasteiger partial charge < -0.3 is 4.42 Å². The molecule has 10 aromatic carbocycles. The van der Waals surface area contributed by atoms with Gasteiger partial charge in [0.25, 0.3) is 0 Å². The molecule has 0 aliphatic rings. The van der Waals surface area contributed by atoms with Gasteiger partial charge in [-0.2, -0.15) is 0 Å². The molecule has 1 heterocycles. The van der Waals surface area contributed by atoms with Gasteiger partial charge in [0, 0.05) is 10.8 Å². The van der Waals surface area contributed by atoms with Crippen LogP contribution in [0.1, 0.15) is 0 Å². The molecule has 0 aliphatic carbocycles. The van der Waals surface area contributed by atoms with E-state index in [2.05, 4.69) is 182 Å². The minimum Gasteiger partial charge on any atom is -0.456 e. The van der Waals surface area contributed by atoms with E-state index < -0.39 is 0 Å². The Hall–Kier alpha value is -6.70. The Morgan fingerprint density at radius 3 is 1.65 bits per heavy atom. The number of hydrogen-bond donors (Lipinski definition) is 0. The van der Waals surface area contributed by atoms with Crippen LogP contribution in [0.15, 0.2) is 186 Å². The summed E-state index contributed by atoms with van der Waals surface area (Å²) in [5.41, 5.74) is 9.19. The van der Waals surface area contributed by atoms with Crippen LogP contribution in [0, 0.1) is 0 Å². The molecule has 1 nitrogen and oxygen atoms in total. The molecule has 0 bridgehead atoms. The lowest BCUT2D eigenvalue weighted by molar-refractivity contribution is 0.669. The van der Waals surface area contributed by atoms with Gasteiger partial charge in [-0.15, -0.1) is 0 Å². The Morgan fingerprint density at radius 2 is 0.882 bits per heavy atom. The first-order chi connectivity index (χ1) is 25.3. The molecule has 0 fully saturated rings. The SMILES string of the molecule is c1ccc(-c2ccc3cc4oc5cccc(-c6c7ccccc7c(-c7cccc8c7ccc7ccccc78)c7ccccc67)c5c4cc3c2)cc1. The highest BCUT2D eigenvalue weighted by Crippen LogP contribution is 2.48. The molecule has 0 atom stereocenters. The first kappa shape index (κ1) is 28.2. The second-order valence-electron chi connectivity index (χ2n) is 13.6. The average Bonchev–Trinajstić information content (AvgIpc) is 3.56. The van der Waals surface area contributed by atoms with E-state index in [-0.39, 0.29) is 0 Å². The molecule has 0 amide bonds. The highest BCUT2D eigenvalue weighted by atomic mass is 16.3. The van der Waals surface area contributed by atoms with Gasteiger partial charge in [-0.05, 0) is 112 Å². The Morgan fingerprint density at radius 1 is 0.275 bits per heavy atom. The average molecular weight is 647 g/mol. The van der Waals surface area contributed by atoms with Crippen LogP contribution in [0.5, 0.6) is 0 Å². The molecule has 0 radical (unpaired) electrons. The first-order valence-corrected chi connectivity index (χ1v) is 17.6. The van der Waals surface area contributed by atoms with Crippen LogP contribution in [0.3, 0.4) is 0 Å². The molecular formula is C50H30O. The highest BCUT2D eigenvalue weighted by molar-refractivity contribution is 6.28. The summed E-state index contributed by atoms with van der Waals surface area (Å²) in [6.45, 7) is 0. The topological polar surface area (TPSA) is 13.1 Å². The maximum atomic E-state index is 6.64. The molecule has 1 aromatic heterocycles. The lowest BCUT2D eigenvalue weighted by Crippen LogP contribution is -1.92. The van der Waals surface area contributed by atoms with Gasteiger partial charge in [0.15, 0.2) is 0 Å². The maximum Gasteiger partial charge on any atom is 0.136 e. The van der Waals surface area contributed by atoms with Gasteiger partial charge in [-0.1, -0.05) is 158 Å². The Labute approximate surface area is 294 Å². The normalized spacial score (nSPS) is 11.9. The third kappa shape index (κ3) is 4.22. The molecule has 11 rings (SSSR count). The van der Waals surface area contributed by atoms with Crippen molar-refractivity contribution >= 4 is 75.8 Å². The predicted octanol–water partition coefficient (Wildman–Crippen LogP) is 14.4. The summed E-state index contributed by atoms with van der Waals surface area (Å²) in [6.07, 6.45) is 0. The van der Waals surface area contributed by atoms with Crippen molar-refractivity contribution in [2.75, 3.05) is 0 Å². The third-order valence-electron chi connectivity index (χ3n) is 10.8. The van der Waals surface area contributed by atoms with Crippen molar-refractivity contribution in [2.24, 2.45) is 0 Å². The van der Waals surface area contributed by atoms with E-state index in [4.69, 9.17) is 4.42 Å². The van der Waals surface area contributed by atoms with Gasteiger partial charge in [0.2, 0.25) is 0 Å². The molecule has 51 heavy (non-hydrogen) atoms. The fourth-order valence-electron chi connectivity index (χ4n) is 8.55. The van der Waals surface area contributed by atoms with Gasteiger partial charge in [-0.3, -0.25) is 0 Å². The molecule has 0 N–H and O–H groups in total. The van der Waals surface area contributed by atoms with Crippen LogP contribution >= 0.6 is 0 Å². The van der Waals surface area contributed by atoms with Crippen LogP contribution in [0.4, 0.5) is 0 Å². The van der Waals surface area contributed by atoms with Crippen molar-refractivity contribution in [1.82, 2.24) is 0 Å². The summed E-state index contributed by atoms with van der Waals surface area (Å²) in [6, 6.07) is 66.3. The lowest BCUT2D eigenvalue weighted by atomic mass is 9.83. The fraction of sp³-hybridized carbons (Fsp3) is 0. The van der Waals surface area contributed by atoms with Crippen LogP contribution in [0.2, 0.25) is 0 Å². The standard InChI is InChI=1S/C50H30O/c1-2-12-31(13-3-1)33-24-25-34-30-47-45(29-35(34)28-33)50-44(22-11-23-46(50)51-47)49-42-18-8-6-16-40(42)48(41-17-7-9-19-43(41)49)39-21-10-20-37-36-15-5-4-14-32(36)26-27-38(37)39/h1-30H. The third-order valence-corrected chi connectivity index (χ3v) is 10.8. The summed E-state index contributed by atoms with van der Waals surface area (Å²) in [4.78, 5) is 0. The summed E-state index contributed by atoms with van der Waals surface area (Å²) >= 11 is 0. The molecular weight excluding hydrogens is 617 g/mol. The quantitative estimate of drug-likeness (QED) is 0.138. The summed E-state index contributed by atoms with van der Waals surface area (Å²) in [5, 5.41) is 14.7. The Balaban J connectivity index is 1.22. The smallest absolute Gasteiger partial charge is 0.136 e. The van der Waals surface area contributed by atoms with Gasteiger partial charge in [-0.25, -0.2) is 0 Å². The number of furan rings is 1. The maximum absolute atomic E-state index is 6.64. The van der Waals surface area contributed by atoms with E-state index in [1.807, 2.05) is 0 Å². The van der Waals surface area contributed by atoms with E-state index in [1.165, 1.54) is 87.2 Å². The molecule has 0 saturated carbocycles. The van der Waals surface area contributed by atoms with Crippen molar-refractivity contribution in [1.29, 1.82) is 0 Å². The Bertz CT molecular complexity index is 3130. The fourth-order valence-corrected chi connectivity index (χ4v) is 8.55. The van der Waals surface area contributed by atoms with E-state index in [1.54, 1.807) is 0 Å². The molecule has 11 aromatic rings. The first-order valence-electron chi connectivity index (χ1n) is 17.6. The Kier molecular flexibility index (Phi) is 6.02.